The van der Waals surface area contributed by atoms with Gasteiger partial charge in [0, 0.05) is 30.7 Å². The van der Waals surface area contributed by atoms with Crippen LogP contribution in [-0.2, 0) is 0 Å². The van der Waals surface area contributed by atoms with Crippen molar-refractivity contribution in [1.29, 1.82) is 0 Å². The van der Waals surface area contributed by atoms with E-state index < -0.39 is 0 Å². The highest BCUT2D eigenvalue weighted by Gasteiger charge is 2.16. The van der Waals surface area contributed by atoms with E-state index in [0.717, 1.165) is 5.69 Å². The molecule has 0 unspecified atom stereocenters. The maximum Gasteiger partial charge on any atom is 0.261 e. The zero-order chi connectivity index (χ0) is 15.2. The minimum absolute atomic E-state index is 0.0974. The summed E-state index contributed by atoms with van der Waals surface area (Å²) in [5.41, 5.74) is 1.35. The van der Waals surface area contributed by atoms with Gasteiger partial charge in [-0.3, -0.25) is 4.79 Å². The molecule has 0 aliphatic heterocycles. The Kier molecular flexibility index (Phi) is 4.87. The summed E-state index contributed by atoms with van der Waals surface area (Å²) in [6.07, 6.45) is 3.12. The first-order valence-corrected chi connectivity index (χ1v) is 7.07. The highest BCUT2D eigenvalue weighted by atomic mass is 16.2. The molecule has 0 aliphatic carbocycles. The van der Waals surface area contributed by atoms with Gasteiger partial charge in [-0.1, -0.05) is 18.2 Å². The van der Waals surface area contributed by atoms with Crippen LogP contribution in [0, 0.1) is 0 Å². The van der Waals surface area contributed by atoms with E-state index >= 15 is 0 Å². The predicted octanol–water partition coefficient (Wildman–Crippen LogP) is 2.96. The molecule has 0 fully saturated rings. The minimum Gasteiger partial charge on any atom is -0.352 e. The lowest BCUT2D eigenvalue weighted by Crippen LogP contribution is -2.30. The van der Waals surface area contributed by atoms with Gasteiger partial charge >= 0.3 is 0 Å². The third kappa shape index (κ3) is 3.78. The van der Waals surface area contributed by atoms with Gasteiger partial charge in [-0.25, -0.2) is 9.97 Å². The molecule has 2 rings (SSSR count). The molecule has 5 heteroatoms. The molecule has 0 radical (unpaired) electrons. The van der Waals surface area contributed by atoms with Crippen molar-refractivity contribution in [2.24, 2.45) is 0 Å². The SMILES string of the molecule is CCN(C(=O)c1cnc(NC(C)C)nc1)c1ccccc1. The number of para-hydroxylation sites is 1. The number of nitrogens with zero attached hydrogens (tertiary/aromatic N) is 3. The number of anilines is 2. The average molecular weight is 284 g/mol. The van der Waals surface area contributed by atoms with E-state index in [2.05, 4.69) is 15.3 Å². The first-order valence-electron chi connectivity index (χ1n) is 7.07. The smallest absolute Gasteiger partial charge is 0.261 e. The maximum absolute atomic E-state index is 12.5. The molecule has 5 nitrogen and oxygen atoms in total. The molecule has 2 aromatic rings. The molecule has 110 valence electrons. The highest BCUT2D eigenvalue weighted by molar-refractivity contribution is 6.05. The summed E-state index contributed by atoms with van der Waals surface area (Å²) < 4.78 is 0. The van der Waals surface area contributed by atoms with Crippen molar-refractivity contribution in [1.82, 2.24) is 9.97 Å². The van der Waals surface area contributed by atoms with Crippen LogP contribution >= 0.6 is 0 Å². The Labute approximate surface area is 125 Å². The standard InChI is InChI=1S/C16H20N4O/c1-4-20(14-8-6-5-7-9-14)15(21)13-10-17-16(18-11-13)19-12(2)3/h5-12H,4H2,1-3H3,(H,17,18,19). The first-order chi connectivity index (χ1) is 10.1. The Hall–Kier alpha value is -2.43. The summed E-state index contributed by atoms with van der Waals surface area (Å²) in [6, 6.07) is 9.84. The maximum atomic E-state index is 12.5. The van der Waals surface area contributed by atoms with E-state index in [9.17, 15) is 4.79 Å². The van der Waals surface area contributed by atoms with Crippen LogP contribution < -0.4 is 10.2 Å². The fourth-order valence-corrected chi connectivity index (χ4v) is 1.98. The lowest BCUT2D eigenvalue weighted by Gasteiger charge is -2.20. The summed E-state index contributed by atoms with van der Waals surface area (Å²) in [5, 5.41) is 3.10. The molecule has 1 heterocycles. The molecule has 1 aromatic heterocycles. The zero-order valence-corrected chi connectivity index (χ0v) is 12.6. The van der Waals surface area contributed by atoms with Crippen molar-refractivity contribution < 1.29 is 4.79 Å². The van der Waals surface area contributed by atoms with Crippen molar-refractivity contribution in [2.45, 2.75) is 26.8 Å². The molecular formula is C16H20N4O. The van der Waals surface area contributed by atoms with Gasteiger partial charge < -0.3 is 10.2 Å². The normalized spacial score (nSPS) is 10.5. The third-order valence-electron chi connectivity index (χ3n) is 2.95. The van der Waals surface area contributed by atoms with Gasteiger partial charge in [0.1, 0.15) is 0 Å². The van der Waals surface area contributed by atoms with E-state index in [0.29, 0.717) is 18.1 Å². The number of rotatable bonds is 5. The van der Waals surface area contributed by atoms with Gasteiger partial charge in [-0.05, 0) is 32.9 Å². The van der Waals surface area contributed by atoms with Crippen molar-refractivity contribution in [3.05, 3.63) is 48.3 Å². The van der Waals surface area contributed by atoms with Crippen LogP contribution in [0.3, 0.4) is 0 Å². The van der Waals surface area contributed by atoms with Gasteiger partial charge in [-0.15, -0.1) is 0 Å². The summed E-state index contributed by atoms with van der Waals surface area (Å²) in [5.74, 6) is 0.434. The largest absolute Gasteiger partial charge is 0.352 e. The second-order valence-electron chi connectivity index (χ2n) is 4.98. The number of carbonyl (C=O) groups is 1. The van der Waals surface area contributed by atoms with E-state index in [1.54, 1.807) is 17.3 Å². The second kappa shape index (κ2) is 6.83. The monoisotopic (exact) mass is 284 g/mol. The van der Waals surface area contributed by atoms with Crippen LogP contribution in [0.5, 0.6) is 0 Å². The number of aromatic nitrogens is 2. The predicted molar refractivity (Wildman–Crippen MR) is 84.6 cm³/mol. The fraction of sp³-hybridized carbons (Fsp3) is 0.312. The zero-order valence-electron chi connectivity index (χ0n) is 12.6. The van der Waals surface area contributed by atoms with Crippen LogP contribution in [0.4, 0.5) is 11.6 Å². The number of amides is 1. The Bertz CT molecular complexity index is 581. The molecule has 1 amide bonds. The van der Waals surface area contributed by atoms with Crippen LogP contribution in [0.15, 0.2) is 42.7 Å². The Morgan fingerprint density at radius 2 is 1.81 bits per heavy atom. The van der Waals surface area contributed by atoms with Gasteiger partial charge in [0.05, 0.1) is 5.56 Å². The molecule has 0 aliphatic rings. The summed E-state index contributed by atoms with van der Waals surface area (Å²) in [6.45, 7) is 6.56. The topological polar surface area (TPSA) is 58.1 Å². The van der Waals surface area contributed by atoms with E-state index in [1.165, 1.54) is 0 Å². The molecular weight excluding hydrogens is 264 g/mol. The van der Waals surface area contributed by atoms with Crippen molar-refractivity contribution in [2.75, 3.05) is 16.8 Å². The van der Waals surface area contributed by atoms with Crippen molar-refractivity contribution >= 4 is 17.5 Å². The lowest BCUT2D eigenvalue weighted by molar-refractivity contribution is 0.0987. The number of carbonyl (C=O) groups excluding carboxylic acids is 1. The molecule has 1 N–H and O–H groups in total. The quantitative estimate of drug-likeness (QED) is 0.917. The Morgan fingerprint density at radius 3 is 2.33 bits per heavy atom. The number of hydrogen-bond acceptors (Lipinski definition) is 4. The first kappa shape index (κ1) is 15.0. The van der Waals surface area contributed by atoms with Gasteiger partial charge in [0.15, 0.2) is 0 Å². The van der Waals surface area contributed by atoms with Crippen molar-refractivity contribution in [3.8, 4) is 0 Å². The minimum atomic E-state index is -0.0974. The second-order valence-corrected chi connectivity index (χ2v) is 4.98. The number of benzene rings is 1. The van der Waals surface area contributed by atoms with Crippen molar-refractivity contribution in [3.63, 3.8) is 0 Å². The number of hydrogen-bond donors (Lipinski definition) is 1. The Balaban J connectivity index is 2.18. The van der Waals surface area contributed by atoms with Crippen LogP contribution in [-0.4, -0.2) is 28.5 Å². The average Bonchev–Trinajstić information content (AvgIpc) is 2.49. The van der Waals surface area contributed by atoms with Gasteiger partial charge in [0.25, 0.3) is 5.91 Å². The van der Waals surface area contributed by atoms with Crippen LogP contribution in [0.2, 0.25) is 0 Å². The number of nitrogens with one attached hydrogen (secondary N) is 1. The van der Waals surface area contributed by atoms with E-state index in [4.69, 9.17) is 0 Å². The van der Waals surface area contributed by atoms with Crippen LogP contribution in [0.1, 0.15) is 31.1 Å². The molecule has 0 saturated carbocycles. The molecule has 0 spiro atoms. The summed E-state index contributed by atoms with van der Waals surface area (Å²) in [4.78, 5) is 22.6. The molecule has 21 heavy (non-hydrogen) atoms. The summed E-state index contributed by atoms with van der Waals surface area (Å²) >= 11 is 0. The third-order valence-corrected chi connectivity index (χ3v) is 2.95. The molecule has 0 bridgehead atoms. The van der Waals surface area contributed by atoms with E-state index in [1.807, 2.05) is 51.1 Å². The highest BCUT2D eigenvalue weighted by Crippen LogP contribution is 2.16. The lowest BCUT2D eigenvalue weighted by atomic mass is 10.2. The van der Waals surface area contributed by atoms with Crippen LogP contribution in [0.25, 0.3) is 0 Å². The molecule has 1 aromatic carbocycles. The fourth-order valence-electron chi connectivity index (χ4n) is 1.98. The molecule has 0 atom stereocenters. The van der Waals surface area contributed by atoms with Gasteiger partial charge in [0.2, 0.25) is 5.95 Å². The summed E-state index contributed by atoms with van der Waals surface area (Å²) in [7, 11) is 0. The Morgan fingerprint density at radius 1 is 1.19 bits per heavy atom. The molecule has 0 saturated heterocycles. The van der Waals surface area contributed by atoms with E-state index in [-0.39, 0.29) is 11.9 Å². The van der Waals surface area contributed by atoms with Gasteiger partial charge in [-0.2, -0.15) is 0 Å².